The van der Waals surface area contributed by atoms with E-state index in [-0.39, 0.29) is 17.7 Å². The molecule has 0 aromatic carbocycles. The summed E-state index contributed by atoms with van der Waals surface area (Å²) in [6, 6.07) is 0. The SMILES string of the molecule is CCC(CC)CNC(=O)c1nc(N)n[nH]1. The summed E-state index contributed by atoms with van der Waals surface area (Å²) >= 11 is 0. The van der Waals surface area contributed by atoms with Crippen LogP contribution in [-0.2, 0) is 0 Å². The minimum absolute atomic E-state index is 0.0858. The maximum atomic E-state index is 11.5. The fraction of sp³-hybridized carbons (Fsp3) is 0.667. The van der Waals surface area contributed by atoms with E-state index in [0.717, 1.165) is 12.8 Å². The van der Waals surface area contributed by atoms with E-state index in [1.54, 1.807) is 0 Å². The quantitative estimate of drug-likeness (QED) is 0.662. The van der Waals surface area contributed by atoms with Crippen LogP contribution in [0.1, 0.15) is 37.3 Å². The smallest absolute Gasteiger partial charge is 0.288 e. The molecule has 15 heavy (non-hydrogen) atoms. The van der Waals surface area contributed by atoms with Crippen LogP contribution < -0.4 is 11.1 Å². The van der Waals surface area contributed by atoms with Gasteiger partial charge in [-0.1, -0.05) is 26.7 Å². The van der Waals surface area contributed by atoms with E-state index in [2.05, 4.69) is 34.3 Å². The molecule has 1 aromatic heterocycles. The van der Waals surface area contributed by atoms with Crippen molar-refractivity contribution in [3.63, 3.8) is 0 Å². The van der Waals surface area contributed by atoms with Crippen LogP contribution in [0.25, 0.3) is 0 Å². The minimum atomic E-state index is -0.258. The van der Waals surface area contributed by atoms with Crippen LogP contribution >= 0.6 is 0 Å². The first kappa shape index (κ1) is 11.5. The first-order valence-corrected chi connectivity index (χ1v) is 5.13. The predicted octanol–water partition coefficient (Wildman–Crippen LogP) is 0.553. The highest BCUT2D eigenvalue weighted by Crippen LogP contribution is 2.05. The number of nitrogen functional groups attached to an aromatic ring is 1. The van der Waals surface area contributed by atoms with Crippen molar-refractivity contribution < 1.29 is 4.79 Å². The van der Waals surface area contributed by atoms with Gasteiger partial charge in [0.05, 0.1) is 0 Å². The Morgan fingerprint density at radius 2 is 2.20 bits per heavy atom. The Morgan fingerprint density at radius 3 is 2.67 bits per heavy atom. The van der Waals surface area contributed by atoms with Gasteiger partial charge in [0.2, 0.25) is 11.8 Å². The molecule has 0 bridgehead atoms. The number of hydrogen-bond acceptors (Lipinski definition) is 4. The average Bonchev–Trinajstić information content (AvgIpc) is 2.66. The van der Waals surface area contributed by atoms with Crippen molar-refractivity contribution in [1.82, 2.24) is 20.5 Å². The van der Waals surface area contributed by atoms with Gasteiger partial charge in [-0.15, -0.1) is 5.10 Å². The number of carbonyl (C=O) groups excluding carboxylic acids is 1. The van der Waals surface area contributed by atoms with E-state index in [9.17, 15) is 4.79 Å². The molecule has 0 unspecified atom stereocenters. The lowest BCUT2D eigenvalue weighted by Crippen LogP contribution is -2.29. The zero-order valence-electron chi connectivity index (χ0n) is 9.08. The topological polar surface area (TPSA) is 96.7 Å². The van der Waals surface area contributed by atoms with Gasteiger partial charge in [0, 0.05) is 6.54 Å². The van der Waals surface area contributed by atoms with E-state index >= 15 is 0 Å². The fourth-order valence-corrected chi connectivity index (χ4v) is 1.27. The summed E-state index contributed by atoms with van der Waals surface area (Å²) in [5, 5.41) is 8.84. The molecule has 6 nitrogen and oxygen atoms in total. The molecule has 0 aliphatic heterocycles. The average molecular weight is 211 g/mol. The summed E-state index contributed by atoms with van der Waals surface area (Å²) in [5.74, 6) is 0.501. The highest BCUT2D eigenvalue weighted by molar-refractivity contribution is 5.90. The molecule has 0 aliphatic rings. The van der Waals surface area contributed by atoms with Crippen LogP contribution in [0, 0.1) is 5.92 Å². The predicted molar refractivity (Wildman–Crippen MR) is 57.2 cm³/mol. The number of H-pyrrole nitrogens is 1. The first-order chi connectivity index (χ1) is 7.17. The molecule has 1 amide bonds. The summed E-state index contributed by atoms with van der Waals surface area (Å²) < 4.78 is 0. The Balaban J connectivity index is 2.42. The van der Waals surface area contributed by atoms with Crippen molar-refractivity contribution in [3.05, 3.63) is 5.82 Å². The molecule has 0 aliphatic carbocycles. The second kappa shape index (κ2) is 5.33. The Labute approximate surface area is 88.7 Å². The fourth-order valence-electron chi connectivity index (χ4n) is 1.27. The molecule has 0 fully saturated rings. The summed E-state index contributed by atoms with van der Waals surface area (Å²) in [6.07, 6.45) is 2.10. The summed E-state index contributed by atoms with van der Waals surface area (Å²) in [6.45, 7) is 4.87. The van der Waals surface area contributed by atoms with Gasteiger partial charge in [-0.05, 0) is 5.92 Å². The van der Waals surface area contributed by atoms with E-state index < -0.39 is 0 Å². The van der Waals surface area contributed by atoms with Crippen molar-refractivity contribution in [1.29, 1.82) is 0 Å². The maximum Gasteiger partial charge on any atom is 0.288 e. The number of anilines is 1. The van der Waals surface area contributed by atoms with Crippen LogP contribution in [0.3, 0.4) is 0 Å². The van der Waals surface area contributed by atoms with Gasteiger partial charge in [-0.2, -0.15) is 4.98 Å². The molecular weight excluding hydrogens is 194 g/mol. The minimum Gasteiger partial charge on any atom is -0.366 e. The molecule has 0 saturated carbocycles. The Morgan fingerprint density at radius 1 is 1.53 bits per heavy atom. The molecule has 1 rings (SSSR count). The van der Waals surface area contributed by atoms with E-state index in [1.807, 2.05) is 0 Å². The number of carbonyl (C=O) groups is 1. The molecule has 0 radical (unpaired) electrons. The van der Waals surface area contributed by atoms with Crippen LogP contribution in [0.4, 0.5) is 5.95 Å². The van der Waals surface area contributed by atoms with Crippen LogP contribution in [0.2, 0.25) is 0 Å². The van der Waals surface area contributed by atoms with Crippen molar-refractivity contribution >= 4 is 11.9 Å². The summed E-state index contributed by atoms with van der Waals surface area (Å²) in [4.78, 5) is 15.2. The molecule has 0 atom stereocenters. The van der Waals surface area contributed by atoms with Gasteiger partial charge >= 0.3 is 0 Å². The molecule has 1 aromatic rings. The second-order valence-electron chi connectivity index (χ2n) is 3.43. The summed E-state index contributed by atoms with van der Waals surface area (Å²) in [5.41, 5.74) is 5.29. The molecular formula is C9H17N5O. The van der Waals surface area contributed by atoms with E-state index in [1.165, 1.54) is 0 Å². The first-order valence-electron chi connectivity index (χ1n) is 5.13. The normalized spacial score (nSPS) is 10.6. The number of rotatable bonds is 5. The van der Waals surface area contributed by atoms with Crippen molar-refractivity contribution in [2.24, 2.45) is 5.92 Å². The van der Waals surface area contributed by atoms with Gasteiger partial charge < -0.3 is 11.1 Å². The van der Waals surface area contributed by atoms with Crippen molar-refractivity contribution in [2.45, 2.75) is 26.7 Å². The third kappa shape index (κ3) is 3.23. The number of aromatic nitrogens is 3. The lowest BCUT2D eigenvalue weighted by atomic mass is 10.0. The highest BCUT2D eigenvalue weighted by Gasteiger charge is 2.11. The van der Waals surface area contributed by atoms with Gasteiger partial charge in [0.1, 0.15) is 0 Å². The van der Waals surface area contributed by atoms with Gasteiger partial charge in [-0.25, -0.2) is 0 Å². The van der Waals surface area contributed by atoms with E-state index in [4.69, 9.17) is 5.73 Å². The van der Waals surface area contributed by atoms with Crippen LogP contribution in [-0.4, -0.2) is 27.6 Å². The number of hydrogen-bond donors (Lipinski definition) is 3. The monoisotopic (exact) mass is 211 g/mol. The van der Waals surface area contributed by atoms with E-state index in [0.29, 0.717) is 12.5 Å². The van der Waals surface area contributed by atoms with Gasteiger partial charge in [0.15, 0.2) is 0 Å². The molecule has 0 spiro atoms. The molecule has 6 heteroatoms. The number of nitrogens with two attached hydrogens (primary N) is 1. The van der Waals surface area contributed by atoms with Crippen molar-refractivity contribution in [2.75, 3.05) is 12.3 Å². The third-order valence-electron chi connectivity index (χ3n) is 2.42. The number of nitrogens with zero attached hydrogens (tertiary/aromatic N) is 2. The number of amides is 1. The molecule has 0 saturated heterocycles. The largest absolute Gasteiger partial charge is 0.366 e. The highest BCUT2D eigenvalue weighted by atomic mass is 16.2. The van der Waals surface area contributed by atoms with Gasteiger partial charge in [0.25, 0.3) is 5.91 Å². The third-order valence-corrected chi connectivity index (χ3v) is 2.42. The Kier molecular flexibility index (Phi) is 4.08. The lowest BCUT2D eigenvalue weighted by Gasteiger charge is -2.11. The molecule has 1 heterocycles. The standard InChI is InChI=1S/C9H17N5O/c1-3-6(4-2)5-11-8(15)7-12-9(10)14-13-7/h6H,3-5H2,1-2H3,(H,11,15)(H3,10,12,13,14). The maximum absolute atomic E-state index is 11.5. The van der Waals surface area contributed by atoms with Gasteiger partial charge in [-0.3, -0.25) is 9.89 Å². The van der Waals surface area contributed by atoms with Crippen LogP contribution in [0.15, 0.2) is 0 Å². The summed E-state index contributed by atoms with van der Waals surface area (Å²) in [7, 11) is 0. The van der Waals surface area contributed by atoms with Crippen molar-refractivity contribution in [3.8, 4) is 0 Å². The number of nitrogens with one attached hydrogen (secondary N) is 2. The zero-order valence-corrected chi connectivity index (χ0v) is 9.08. The van der Waals surface area contributed by atoms with Crippen LogP contribution in [0.5, 0.6) is 0 Å². The second-order valence-corrected chi connectivity index (χ2v) is 3.43. The zero-order chi connectivity index (χ0) is 11.3. The number of aromatic amines is 1. The Bertz CT molecular complexity index is 318. The Hall–Kier alpha value is -1.59. The molecule has 4 N–H and O–H groups in total. The lowest BCUT2D eigenvalue weighted by molar-refractivity contribution is 0.0936. The molecule has 84 valence electrons.